The van der Waals surface area contributed by atoms with Gasteiger partial charge in [-0.2, -0.15) is 5.26 Å². The average Bonchev–Trinajstić information content (AvgIpc) is 2.60. The summed E-state index contributed by atoms with van der Waals surface area (Å²) in [6, 6.07) is 8.93. The maximum Gasteiger partial charge on any atom is 0.271 e. The Bertz CT molecular complexity index is 841. The molecule has 0 saturated carbocycles. The molecule has 24 heavy (non-hydrogen) atoms. The van der Waals surface area contributed by atoms with Gasteiger partial charge in [0.2, 0.25) is 0 Å². The topological polar surface area (TPSA) is 118 Å². The SMILES string of the molecule is COc1ccc([N+](=O)[O-])cc1NC(=O)C(C#N)=Cc1cccnc1. The number of hydrogen-bond donors (Lipinski definition) is 1. The number of nitriles is 1. The van der Waals surface area contributed by atoms with Crippen LogP contribution in [0.5, 0.6) is 5.75 Å². The average molecular weight is 324 g/mol. The van der Waals surface area contributed by atoms with Crippen LogP contribution in [0.4, 0.5) is 11.4 Å². The molecule has 2 rings (SSSR count). The minimum atomic E-state index is -0.708. The van der Waals surface area contributed by atoms with Crippen molar-refractivity contribution < 1.29 is 14.5 Å². The van der Waals surface area contributed by atoms with Crippen molar-refractivity contribution in [2.24, 2.45) is 0 Å². The second kappa shape index (κ2) is 7.51. The molecule has 8 nitrogen and oxygen atoms in total. The van der Waals surface area contributed by atoms with Crippen LogP contribution >= 0.6 is 0 Å². The molecular formula is C16H12N4O4. The van der Waals surface area contributed by atoms with Crippen molar-refractivity contribution >= 4 is 23.4 Å². The van der Waals surface area contributed by atoms with Gasteiger partial charge in [0.15, 0.2) is 0 Å². The van der Waals surface area contributed by atoms with Crippen LogP contribution in [-0.2, 0) is 4.79 Å². The van der Waals surface area contributed by atoms with Gasteiger partial charge in [-0.05, 0) is 23.8 Å². The van der Waals surface area contributed by atoms with Crippen molar-refractivity contribution in [3.8, 4) is 11.8 Å². The summed E-state index contributed by atoms with van der Waals surface area (Å²) in [4.78, 5) is 26.4. The summed E-state index contributed by atoms with van der Waals surface area (Å²) in [6.45, 7) is 0. The zero-order valence-corrected chi connectivity index (χ0v) is 12.6. The number of rotatable bonds is 5. The molecule has 1 amide bonds. The van der Waals surface area contributed by atoms with E-state index in [0.29, 0.717) is 5.56 Å². The summed E-state index contributed by atoms with van der Waals surface area (Å²) in [7, 11) is 1.37. The normalized spacial score (nSPS) is 10.6. The zero-order chi connectivity index (χ0) is 17.5. The first-order valence-electron chi connectivity index (χ1n) is 6.70. The first kappa shape index (κ1) is 16.6. The van der Waals surface area contributed by atoms with Crippen LogP contribution < -0.4 is 10.1 Å². The Labute approximate surface area is 137 Å². The summed E-state index contributed by atoms with van der Waals surface area (Å²) in [5.74, 6) is -0.465. The van der Waals surface area contributed by atoms with Gasteiger partial charge in [-0.3, -0.25) is 19.9 Å². The number of methoxy groups -OCH3 is 1. The highest BCUT2D eigenvalue weighted by molar-refractivity contribution is 6.10. The molecule has 0 radical (unpaired) electrons. The predicted molar refractivity (Wildman–Crippen MR) is 86.1 cm³/mol. The van der Waals surface area contributed by atoms with E-state index in [9.17, 15) is 14.9 Å². The van der Waals surface area contributed by atoms with E-state index in [1.807, 2.05) is 0 Å². The molecule has 120 valence electrons. The van der Waals surface area contributed by atoms with Gasteiger partial charge in [-0.1, -0.05) is 6.07 Å². The number of ether oxygens (including phenoxy) is 1. The maximum absolute atomic E-state index is 12.2. The molecule has 0 aliphatic heterocycles. The van der Waals surface area contributed by atoms with Gasteiger partial charge in [0.1, 0.15) is 17.4 Å². The van der Waals surface area contributed by atoms with E-state index < -0.39 is 10.8 Å². The number of nitro groups is 1. The third-order valence-electron chi connectivity index (χ3n) is 3.00. The Morgan fingerprint density at radius 2 is 2.25 bits per heavy atom. The molecule has 1 N–H and O–H groups in total. The van der Waals surface area contributed by atoms with Crippen molar-refractivity contribution in [1.82, 2.24) is 4.98 Å². The quantitative estimate of drug-likeness (QED) is 0.391. The number of non-ortho nitro benzene ring substituents is 1. The van der Waals surface area contributed by atoms with E-state index in [1.165, 1.54) is 31.5 Å². The van der Waals surface area contributed by atoms with Crippen LogP contribution in [-0.4, -0.2) is 22.9 Å². The molecule has 8 heteroatoms. The fourth-order valence-corrected chi connectivity index (χ4v) is 1.87. The summed E-state index contributed by atoms with van der Waals surface area (Å²) >= 11 is 0. The Morgan fingerprint density at radius 3 is 2.83 bits per heavy atom. The number of nitro benzene ring substituents is 1. The molecule has 0 unspecified atom stereocenters. The van der Waals surface area contributed by atoms with E-state index in [1.54, 1.807) is 24.4 Å². The lowest BCUT2D eigenvalue weighted by Crippen LogP contribution is -2.14. The van der Waals surface area contributed by atoms with Gasteiger partial charge in [0.05, 0.1) is 17.7 Å². The van der Waals surface area contributed by atoms with E-state index in [4.69, 9.17) is 10.00 Å². The Balaban J connectivity index is 2.31. The number of benzene rings is 1. The first-order chi connectivity index (χ1) is 11.5. The smallest absolute Gasteiger partial charge is 0.271 e. The molecule has 0 aliphatic rings. The van der Waals surface area contributed by atoms with Crippen LogP contribution in [0.1, 0.15) is 5.56 Å². The summed E-state index contributed by atoms with van der Waals surface area (Å²) in [5, 5.41) is 22.5. The predicted octanol–water partition coefficient (Wildman–Crippen LogP) is 2.54. The molecule has 0 atom stereocenters. The van der Waals surface area contributed by atoms with E-state index in [2.05, 4.69) is 10.3 Å². The molecule has 1 heterocycles. The van der Waals surface area contributed by atoms with E-state index in [-0.39, 0.29) is 22.7 Å². The molecule has 0 spiro atoms. The molecule has 0 fully saturated rings. The largest absolute Gasteiger partial charge is 0.495 e. The molecule has 0 bridgehead atoms. The summed E-state index contributed by atoms with van der Waals surface area (Å²) in [6.07, 6.45) is 4.43. The molecule has 0 saturated heterocycles. The fourth-order valence-electron chi connectivity index (χ4n) is 1.87. The molecule has 1 aromatic carbocycles. The fraction of sp³-hybridized carbons (Fsp3) is 0.0625. The Kier molecular flexibility index (Phi) is 5.20. The van der Waals surface area contributed by atoms with Gasteiger partial charge in [0.25, 0.3) is 11.6 Å². The molecule has 1 aromatic heterocycles. The second-order valence-corrected chi connectivity index (χ2v) is 4.55. The van der Waals surface area contributed by atoms with Crippen molar-refractivity contribution in [3.63, 3.8) is 0 Å². The number of amides is 1. The number of nitrogens with one attached hydrogen (secondary N) is 1. The first-order valence-corrected chi connectivity index (χ1v) is 6.70. The highest BCUT2D eigenvalue weighted by atomic mass is 16.6. The van der Waals surface area contributed by atoms with Crippen molar-refractivity contribution in [2.45, 2.75) is 0 Å². The lowest BCUT2D eigenvalue weighted by atomic mass is 10.1. The number of carbonyl (C=O) groups excluding carboxylic acids is 1. The standard InChI is InChI=1S/C16H12N4O4/c1-24-15-5-4-13(20(22)23)8-14(15)19-16(21)12(9-17)7-11-3-2-6-18-10-11/h2-8,10H,1H3,(H,19,21). The van der Waals surface area contributed by atoms with Crippen LogP contribution in [0, 0.1) is 21.4 Å². The third-order valence-corrected chi connectivity index (χ3v) is 3.00. The van der Waals surface area contributed by atoms with E-state index in [0.717, 1.165) is 6.07 Å². The maximum atomic E-state index is 12.2. The highest BCUT2D eigenvalue weighted by Gasteiger charge is 2.16. The number of carbonyl (C=O) groups is 1. The minimum Gasteiger partial charge on any atom is -0.495 e. The Morgan fingerprint density at radius 1 is 1.46 bits per heavy atom. The number of aromatic nitrogens is 1. The monoisotopic (exact) mass is 324 g/mol. The zero-order valence-electron chi connectivity index (χ0n) is 12.6. The minimum absolute atomic E-state index is 0.101. The molecular weight excluding hydrogens is 312 g/mol. The van der Waals surface area contributed by atoms with Crippen molar-refractivity contribution in [3.05, 3.63) is 64.0 Å². The number of nitrogens with zero attached hydrogens (tertiary/aromatic N) is 3. The highest BCUT2D eigenvalue weighted by Crippen LogP contribution is 2.29. The molecule has 2 aromatic rings. The summed E-state index contributed by atoms with van der Waals surface area (Å²) in [5.41, 5.74) is 0.302. The van der Waals surface area contributed by atoms with Crippen LogP contribution in [0.15, 0.2) is 48.3 Å². The summed E-state index contributed by atoms with van der Waals surface area (Å²) < 4.78 is 5.06. The van der Waals surface area contributed by atoms with Gasteiger partial charge in [-0.25, -0.2) is 0 Å². The Hall–Kier alpha value is -3.73. The van der Waals surface area contributed by atoms with Gasteiger partial charge in [-0.15, -0.1) is 0 Å². The van der Waals surface area contributed by atoms with Gasteiger partial charge in [0, 0.05) is 24.5 Å². The lowest BCUT2D eigenvalue weighted by Gasteiger charge is -2.09. The lowest BCUT2D eigenvalue weighted by molar-refractivity contribution is -0.384. The van der Waals surface area contributed by atoms with Gasteiger partial charge < -0.3 is 10.1 Å². The van der Waals surface area contributed by atoms with E-state index >= 15 is 0 Å². The van der Waals surface area contributed by atoms with Gasteiger partial charge >= 0.3 is 0 Å². The number of anilines is 1. The van der Waals surface area contributed by atoms with Crippen LogP contribution in [0.25, 0.3) is 6.08 Å². The number of pyridine rings is 1. The molecule has 0 aliphatic carbocycles. The van der Waals surface area contributed by atoms with Crippen molar-refractivity contribution in [2.75, 3.05) is 12.4 Å². The number of hydrogen-bond acceptors (Lipinski definition) is 6. The second-order valence-electron chi connectivity index (χ2n) is 4.55. The van der Waals surface area contributed by atoms with Crippen LogP contribution in [0.2, 0.25) is 0 Å². The third kappa shape index (κ3) is 3.92. The van der Waals surface area contributed by atoms with Crippen LogP contribution in [0.3, 0.4) is 0 Å². The van der Waals surface area contributed by atoms with Crippen molar-refractivity contribution in [1.29, 1.82) is 5.26 Å².